The van der Waals surface area contributed by atoms with Crippen molar-refractivity contribution in [2.45, 2.75) is 63.8 Å². The zero-order valence-electron chi connectivity index (χ0n) is 11.5. The lowest BCUT2D eigenvalue weighted by molar-refractivity contribution is 0.439. The second kappa shape index (κ2) is 6.14. The molecule has 0 atom stereocenters. The van der Waals surface area contributed by atoms with Crippen LogP contribution in [0.3, 0.4) is 0 Å². The molecule has 104 valence electrons. The van der Waals surface area contributed by atoms with E-state index in [1.807, 2.05) is 0 Å². The number of fused-ring (bicyclic) bond motifs is 1. The molecule has 3 rings (SSSR count). The first-order chi connectivity index (χ1) is 9.34. The molecule has 3 nitrogen and oxygen atoms in total. The van der Waals surface area contributed by atoms with Gasteiger partial charge in [0, 0.05) is 36.7 Å². The third-order valence-electron chi connectivity index (χ3n) is 4.47. The van der Waals surface area contributed by atoms with Crippen LogP contribution < -0.4 is 5.32 Å². The van der Waals surface area contributed by atoms with Crippen molar-refractivity contribution in [3.05, 3.63) is 21.7 Å². The fourth-order valence-corrected chi connectivity index (χ4v) is 3.60. The molecule has 0 radical (unpaired) electrons. The Bertz CT molecular complexity index is 487. The largest absolute Gasteiger partial charge is 0.347 e. The SMILES string of the molecule is S=c1nc(C2CCCCCCC2)[nH]c2c1CNCC2. The summed E-state index contributed by atoms with van der Waals surface area (Å²) < 4.78 is 0.818. The third kappa shape index (κ3) is 3.06. The van der Waals surface area contributed by atoms with Gasteiger partial charge in [-0.2, -0.15) is 0 Å². The summed E-state index contributed by atoms with van der Waals surface area (Å²) >= 11 is 5.49. The number of aromatic amines is 1. The van der Waals surface area contributed by atoms with Crippen LogP contribution in [-0.4, -0.2) is 16.5 Å². The lowest BCUT2D eigenvalue weighted by atomic mass is 9.90. The van der Waals surface area contributed by atoms with Crippen molar-refractivity contribution >= 4 is 12.2 Å². The molecule has 19 heavy (non-hydrogen) atoms. The molecule has 1 aromatic heterocycles. The summed E-state index contributed by atoms with van der Waals surface area (Å²) in [5, 5.41) is 3.37. The molecule has 0 unspecified atom stereocenters. The molecule has 0 saturated heterocycles. The van der Waals surface area contributed by atoms with Gasteiger partial charge in [0.15, 0.2) is 0 Å². The standard InChI is InChI=1S/C15H23N3S/c19-15-12-10-16-9-8-13(12)17-14(18-15)11-6-4-2-1-3-5-7-11/h11,16H,1-10H2,(H,17,18,19). The monoisotopic (exact) mass is 277 g/mol. The van der Waals surface area contributed by atoms with Gasteiger partial charge < -0.3 is 10.3 Å². The smallest absolute Gasteiger partial charge is 0.134 e. The minimum absolute atomic E-state index is 0.599. The van der Waals surface area contributed by atoms with Crippen molar-refractivity contribution in [2.24, 2.45) is 0 Å². The van der Waals surface area contributed by atoms with Gasteiger partial charge in [0.05, 0.1) is 0 Å². The number of hydrogen-bond acceptors (Lipinski definition) is 3. The molecule has 1 aliphatic carbocycles. The molecule has 1 fully saturated rings. The summed E-state index contributed by atoms with van der Waals surface area (Å²) in [6.45, 7) is 1.93. The Morgan fingerprint density at radius 3 is 2.58 bits per heavy atom. The minimum Gasteiger partial charge on any atom is -0.347 e. The molecule has 1 saturated carbocycles. The molecule has 1 aromatic rings. The molecular weight excluding hydrogens is 254 g/mol. The number of hydrogen-bond donors (Lipinski definition) is 2. The maximum Gasteiger partial charge on any atom is 0.134 e. The van der Waals surface area contributed by atoms with Crippen molar-refractivity contribution in [1.29, 1.82) is 0 Å². The van der Waals surface area contributed by atoms with Gasteiger partial charge in [-0.1, -0.05) is 44.3 Å². The molecule has 2 heterocycles. The summed E-state index contributed by atoms with van der Waals surface area (Å²) in [6.07, 6.45) is 10.5. The Morgan fingerprint density at radius 1 is 1.05 bits per heavy atom. The molecule has 2 aliphatic rings. The lowest BCUT2D eigenvalue weighted by Crippen LogP contribution is -2.26. The Morgan fingerprint density at radius 2 is 1.79 bits per heavy atom. The van der Waals surface area contributed by atoms with E-state index in [2.05, 4.69) is 10.3 Å². The topological polar surface area (TPSA) is 40.7 Å². The van der Waals surface area contributed by atoms with Gasteiger partial charge in [-0.15, -0.1) is 0 Å². The molecule has 0 spiro atoms. The molecule has 4 heteroatoms. The van der Waals surface area contributed by atoms with E-state index in [9.17, 15) is 0 Å². The van der Waals surface area contributed by atoms with Gasteiger partial charge in [0.25, 0.3) is 0 Å². The van der Waals surface area contributed by atoms with E-state index in [-0.39, 0.29) is 0 Å². The van der Waals surface area contributed by atoms with Crippen LogP contribution in [0.2, 0.25) is 0 Å². The van der Waals surface area contributed by atoms with Crippen molar-refractivity contribution in [3.8, 4) is 0 Å². The average Bonchev–Trinajstić information content (AvgIpc) is 2.38. The predicted octanol–water partition coefficient (Wildman–Crippen LogP) is 3.61. The van der Waals surface area contributed by atoms with Crippen LogP contribution in [0.4, 0.5) is 0 Å². The summed E-state index contributed by atoms with van der Waals surface area (Å²) in [4.78, 5) is 8.31. The van der Waals surface area contributed by atoms with Crippen molar-refractivity contribution in [3.63, 3.8) is 0 Å². The number of H-pyrrole nitrogens is 1. The quantitative estimate of drug-likeness (QED) is 0.770. The van der Waals surface area contributed by atoms with Crippen molar-refractivity contribution < 1.29 is 0 Å². The fourth-order valence-electron chi connectivity index (χ4n) is 3.31. The van der Waals surface area contributed by atoms with E-state index in [1.165, 1.54) is 56.2 Å². The molecular formula is C15H23N3S. The second-order valence-electron chi connectivity index (χ2n) is 5.85. The molecule has 0 bridgehead atoms. The summed E-state index contributed by atoms with van der Waals surface area (Å²) in [7, 11) is 0. The number of nitrogens with one attached hydrogen (secondary N) is 2. The molecule has 2 N–H and O–H groups in total. The highest BCUT2D eigenvalue weighted by Gasteiger charge is 2.19. The van der Waals surface area contributed by atoms with E-state index < -0.39 is 0 Å². The van der Waals surface area contributed by atoms with Crippen LogP contribution in [-0.2, 0) is 13.0 Å². The van der Waals surface area contributed by atoms with Crippen LogP contribution in [0, 0.1) is 4.64 Å². The zero-order valence-corrected chi connectivity index (χ0v) is 12.3. The van der Waals surface area contributed by atoms with Crippen LogP contribution in [0.15, 0.2) is 0 Å². The molecule has 0 amide bonds. The maximum atomic E-state index is 5.49. The lowest BCUT2D eigenvalue weighted by Gasteiger charge is -2.22. The van der Waals surface area contributed by atoms with Crippen LogP contribution in [0.5, 0.6) is 0 Å². The highest BCUT2D eigenvalue weighted by molar-refractivity contribution is 7.71. The van der Waals surface area contributed by atoms with Gasteiger partial charge in [-0.3, -0.25) is 0 Å². The van der Waals surface area contributed by atoms with Crippen LogP contribution in [0.1, 0.15) is 67.9 Å². The van der Waals surface area contributed by atoms with Crippen LogP contribution >= 0.6 is 12.2 Å². The first-order valence-corrected chi connectivity index (χ1v) is 8.08. The fraction of sp³-hybridized carbons (Fsp3) is 0.733. The van der Waals surface area contributed by atoms with Gasteiger partial charge in [0.2, 0.25) is 0 Å². The minimum atomic E-state index is 0.599. The number of rotatable bonds is 1. The number of nitrogens with zero attached hydrogens (tertiary/aromatic N) is 1. The summed E-state index contributed by atoms with van der Waals surface area (Å²) in [6, 6.07) is 0. The highest BCUT2D eigenvalue weighted by Crippen LogP contribution is 2.29. The van der Waals surface area contributed by atoms with Crippen molar-refractivity contribution in [2.75, 3.05) is 6.54 Å². The first kappa shape index (κ1) is 13.3. The van der Waals surface area contributed by atoms with E-state index in [0.717, 1.165) is 30.0 Å². The normalized spacial score (nSPS) is 21.5. The Labute approximate surface area is 120 Å². The van der Waals surface area contributed by atoms with E-state index in [1.54, 1.807) is 0 Å². The van der Waals surface area contributed by atoms with Gasteiger partial charge >= 0.3 is 0 Å². The first-order valence-electron chi connectivity index (χ1n) is 7.67. The third-order valence-corrected chi connectivity index (χ3v) is 4.81. The maximum absolute atomic E-state index is 5.49. The van der Waals surface area contributed by atoms with E-state index in [0.29, 0.717) is 5.92 Å². The van der Waals surface area contributed by atoms with Crippen LogP contribution in [0.25, 0.3) is 0 Å². The molecule has 1 aliphatic heterocycles. The zero-order chi connectivity index (χ0) is 13.1. The summed E-state index contributed by atoms with van der Waals surface area (Å²) in [5.41, 5.74) is 2.55. The molecule has 0 aromatic carbocycles. The Balaban J connectivity index is 1.87. The van der Waals surface area contributed by atoms with Crippen molar-refractivity contribution in [1.82, 2.24) is 15.3 Å². The second-order valence-corrected chi connectivity index (χ2v) is 6.24. The highest BCUT2D eigenvalue weighted by atomic mass is 32.1. The van der Waals surface area contributed by atoms with Gasteiger partial charge in [-0.05, 0) is 12.8 Å². The van der Waals surface area contributed by atoms with Gasteiger partial charge in [-0.25, -0.2) is 4.98 Å². The van der Waals surface area contributed by atoms with Gasteiger partial charge in [0.1, 0.15) is 10.5 Å². The predicted molar refractivity (Wildman–Crippen MR) is 79.9 cm³/mol. The van der Waals surface area contributed by atoms with E-state index in [4.69, 9.17) is 17.2 Å². The Kier molecular flexibility index (Phi) is 4.28. The average molecular weight is 277 g/mol. The summed E-state index contributed by atoms with van der Waals surface area (Å²) in [5.74, 6) is 1.76. The number of aromatic nitrogens is 2. The van der Waals surface area contributed by atoms with E-state index >= 15 is 0 Å². The Hall–Kier alpha value is -0.740.